The van der Waals surface area contributed by atoms with Crippen LogP contribution in [0, 0.1) is 12.7 Å². The molecule has 3 heteroatoms. The van der Waals surface area contributed by atoms with Gasteiger partial charge in [-0.25, -0.2) is 4.39 Å². The summed E-state index contributed by atoms with van der Waals surface area (Å²) in [6, 6.07) is 13.2. The first-order chi connectivity index (χ1) is 10.0. The first kappa shape index (κ1) is 15.5. The zero-order valence-electron chi connectivity index (χ0n) is 12.9. The van der Waals surface area contributed by atoms with E-state index >= 15 is 0 Å². The minimum atomic E-state index is -0.211. The maximum absolute atomic E-state index is 13.4. The molecule has 2 aromatic rings. The van der Waals surface area contributed by atoms with Crippen molar-refractivity contribution in [3.05, 3.63) is 59.4 Å². The maximum atomic E-state index is 13.4. The molecule has 21 heavy (non-hydrogen) atoms. The van der Waals surface area contributed by atoms with Crippen molar-refractivity contribution in [1.29, 1.82) is 0 Å². The maximum Gasteiger partial charge on any atom is 0.125 e. The third-order valence-corrected chi connectivity index (χ3v) is 3.55. The van der Waals surface area contributed by atoms with E-state index in [4.69, 9.17) is 5.73 Å². The molecule has 2 N–H and O–H groups in total. The van der Waals surface area contributed by atoms with E-state index in [0.29, 0.717) is 0 Å². The van der Waals surface area contributed by atoms with E-state index in [-0.39, 0.29) is 11.9 Å². The predicted molar refractivity (Wildman–Crippen MR) is 87.6 cm³/mol. The number of hydrogen-bond donors (Lipinski definition) is 1. The Morgan fingerprint density at radius 3 is 2.52 bits per heavy atom. The molecule has 2 nitrogen and oxygen atoms in total. The molecule has 0 radical (unpaired) electrons. The lowest BCUT2D eigenvalue weighted by Gasteiger charge is -2.25. The van der Waals surface area contributed by atoms with Gasteiger partial charge in [0.2, 0.25) is 0 Å². The summed E-state index contributed by atoms with van der Waals surface area (Å²) in [5, 5.41) is 0. The minimum absolute atomic E-state index is 0.153. The highest BCUT2D eigenvalue weighted by Gasteiger charge is 2.11. The van der Waals surface area contributed by atoms with Crippen LogP contribution in [0.5, 0.6) is 0 Å². The van der Waals surface area contributed by atoms with Gasteiger partial charge in [-0.15, -0.1) is 0 Å². The van der Waals surface area contributed by atoms with Crippen molar-refractivity contribution >= 4 is 11.4 Å². The molecule has 0 aliphatic carbocycles. The Morgan fingerprint density at radius 1 is 1.19 bits per heavy atom. The molecule has 0 spiro atoms. The van der Waals surface area contributed by atoms with Crippen LogP contribution in [0.15, 0.2) is 42.5 Å². The summed E-state index contributed by atoms with van der Waals surface area (Å²) in [4.78, 5) is 2.12. The Balaban J connectivity index is 2.34. The average Bonchev–Trinajstić information content (AvgIpc) is 2.41. The van der Waals surface area contributed by atoms with E-state index in [0.717, 1.165) is 24.3 Å². The Bertz CT molecular complexity index is 608. The molecule has 112 valence electrons. The summed E-state index contributed by atoms with van der Waals surface area (Å²) < 4.78 is 13.4. The van der Waals surface area contributed by atoms with Crippen LogP contribution in [0.25, 0.3) is 0 Å². The summed E-state index contributed by atoms with van der Waals surface area (Å²) in [5.74, 6) is -0.211. The second-order valence-electron chi connectivity index (χ2n) is 5.53. The zero-order valence-corrected chi connectivity index (χ0v) is 12.9. The van der Waals surface area contributed by atoms with Crippen LogP contribution in [0.1, 0.15) is 25.0 Å². The molecule has 2 rings (SSSR count). The summed E-state index contributed by atoms with van der Waals surface area (Å²) in [7, 11) is 0. The lowest BCUT2D eigenvalue weighted by molar-refractivity contribution is 0.627. The first-order valence-electron chi connectivity index (χ1n) is 7.39. The fourth-order valence-corrected chi connectivity index (χ4v) is 2.66. The molecule has 1 unspecified atom stereocenters. The summed E-state index contributed by atoms with van der Waals surface area (Å²) in [6.07, 6.45) is 0.868. The Labute approximate surface area is 126 Å². The topological polar surface area (TPSA) is 29.3 Å². The van der Waals surface area contributed by atoms with Gasteiger partial charge in [-0.2, -0.15) is 0 Å². The number of nitrogens with two attached hydrogens (primary N) is 1. The molecule has 0 amide bonds. The van der Waals surface area contributed by atoms with Crippen molar-refractivity contribution in [2.75, 3.05) is 11.4 Å². The lowest BCUT2D eigenvalue weighted by atomic mass is 10.0. The van der Waals surface area contributed by atoms with Gasteiger partial charge in [-0.05, 0) is 62.6 Å². The number of hydrogen-bond acceptors (Lipinski definition) is 2. The Kier molecular flexibility index (Phi) is 4.97. The molecular formula is C18H23FN2. The van der Waals surface area contributed by atoms with Gasteiger partial charge in [0.25, 0.3) is 0 Å². The second-order valence-corrected chi connectivity index (χ2v) is 5.53. The molecule has 1 atom stereocenters. The van der Waals surface area contributed by atoms with E-state index in [1.54, 1.807) is 12.1 Å². The van der Waals surface area contributed by atoms with Gasteiger partial charge in [-0.1, -0.05) is 18.2 Å². The van der Waals surface area contributed by atoms with Gasteiger partial charge in [0.15, 0.2) is 0 Å². The smallest absolute Gasteiger partial charge is 0.125 e. The van der Waals surface area contributed by atoms with Gasteiger partial charge < -0.3 is 10.6 Å². The number of aryl methyl sites for hydroxylation is 1. The highest BCUT2D eigenvalue weighted by molar-refractivity contribution is 5.66. The SMILES string of the molecule is CCN(c1cccc(F)c1)c1ccc(CC(C)N)cc1C. The van der Waals surface area contributed by atoms with Crippen molar-refractivity contribution in [2.24, 2.45) is 5.73 Å². The summed E-state index contributed by atoms with van der Waals surface area (Å²) in [6.45, 7) is 6.95. The number of anilines is 2. The van der Waals surface area contributed by atoms with Crippen LogP contribution in [-0.4, -0.2) is 12.6 Å². The van der Waals surface area contributed by atoms with Crippen molar-refractivity contribution in [3.8, 4) is 0 Å². The van der Waals surface area contributed by atoms with E-state index in [2.05, 4.69) is 36.9 Å². The van der Waals surface area contributed by atoms with Gasteiger partial charge >= 0.3 is 0 Å². The minimum Gasteiger partial charge on any atom is -0.341 e. The van der Waals surface area contributed by atoms with Crippen molar-refractivity contribution < 1.29 is 4.39 Å². The van der Waals surface area contributed by atoms with E-state index in [1.165, 1.54) is 17.2 Å². The lowest BCUT2D eigenvalue weighted by Crippen LogP contribution is -2.19. The van der Waals surface area contributed by atoms with Crippen molar-refractivity contribution in [2.45, 2.75) is 33.2 Å². The molecule has 0 aliphatic rings. The molecule has 2 aromatic carbocycles. The van der Waals surface area contributed by atoms with E-state index < -0.39 is 0 Å². The third kappa shape index (κ3) is 3.82. The quantitative estimate of drug-likeness (QED) is 0.893. The zero-order chi connectivity index (χ0) is 15.4. The van der Waals surface area contributed by atoms with E-state index in [1.807, 2.05) is 13.0 Å². The highest BCUT2D eigenvalue weighted by Crippen LogP contribution is 2.29. The fourth-order valence-electron chi connectivity index (χ4n) is 2.66. The summed E-state index contributed by atoms with van der Waals surface area (Å²) >= 11 is 0. The number of halogens is 1. The Hall–Kier alpha value is -1.87. The van der Waals surface area contributed by atoms with Crippen molar-refractivity contribution in [3.63, 3.8) is 0 Å². The molecule has 0 aliphatic heterocycles. The molecule has 0 heterocycles. The standard InChI is InChI=1S/C18H23FN2/c1-4-21(17-7-5-6-16(19)12-17)18-9-8-15(10-13(18)2)11-14(3)20/h5-10,12,14H,4,11,20H2,1-3H3. The van der Waals surface area contributed by atoms with Crippen LogP contribution >= 0.6 is 0 Å². The molecule has 0 saturated carbocycles. The van der Waals surface area contributed by atoms with Gasteiger partial charge in [0, 0.05) is 24.0 Å². The van der Waals surface area contributed by atoms with Crippen LogP contribution in [-0.2, 0) is 6.42 Å². The molecular weight excluding hydrogens is 263 g/mol. The fraction of sp³-hybridized carbons (Fsp3) is 0.333. The number of benzene rings is 2. The van der Waals surface area contributed by atoms with Crippen LogP contribution in [0.2, 0.25) is 0 Å². The van der Waals surface area contributed by atoms with Gasteiger partial charge in [0.05, 0.1) is 0 Å². The van der Waals surface area contributed by atoms with Gasteiger partial charge in [0.1, 0.15) is 5.82 Å². The molecule has 0 bridgehead atoms. The molecule has 0 saturated heterocycles. The van der Waals surface area contributed by atoms with E-state index in [9.17, 15) is 4.39 Å². The normalized spacial score (nSPS) is 12.2. The highest BCUT2D eigenvalue weighted by atomic mass is 19.1. The Morgan fingerprint density at radius 2 is 1.95 bits per heavy atom. The second kappa shape index (κ2) is 6.72. The van der Waals surface area contributed by atoms with Gasteiger partial charge in [-0.3, -0.25) is 0 Å². The predicted octanol–water partition coefficient (Wildman–Crippen LogP) is 4.18. The number of nitrogens with zero attached hydrogens (tertiary/aromatic N) is 1. The monoisotopic (exact) mass is 286 g/mol. The molecule has 0 aromatic heterocycles. The van der Waals surface area contributed by atoms with Crippen LogP contribution in [0.4, 0.5) is 15.8 Å². The number of rotatable bonds is 5. The third-order valence-electron chi connectivity index (χ3n) is 3.55. The summed E-state index contributed by atoms with van der Waals surface area (Å²) in [5.41, 5.74) is 10.3. The average molecular weight is 286 g/mol. The van der Waals surface area contributed by atoms with Crippen LogP contribution in [0.3, 0.4) is 0 Å². The van der Waals surface area contributed by atoms with Crippen molar-refractivity contribution in [1.82, 2.24) is 0 Å². The molecule has 0 fully saturated rings. The largest absolute Gasteiger partial charge is 0.341 e. The first-order valence-corrected chi connectivity index (χ1v) is 7.39. The van der Waals surface area contributed by atoms with Crippen LogP contribution < -0.4 is 10.6 Å².